The number of thiocarbonyl (C=S) groups is 1. The minimum Gasteiger partial charge on any atom is -0.463 e. The van der Waals surface area contributed by atoms with E-state index in [0.717, 1.165) is 53.7 Å². The molecule has 2 N–H and O–H groups in total. The molecule has 17 heteroatoms. The van der Waals surface area contributed by atoms with Gasteiger partial charge in [0.25, 0.3) is 0 Å². The molecule has 0 aromatic heterocycles. The molecule has 0 radical (unpaired) electrons. The van der Waals surface area contributed by atoms with Crippen LogP contribution in [0.25, 0.3) is 0 Å². The Kier molecular flexibility index (Phi) is 16.3. The molecule has 65 heavy (non-hydrogen) atoms. The van der Waals surface area contributed by atoms with Gasteiger partial charge in [-0.3, -0.25) is 19.2 Å². The average molecular weight is 919 g/mol. The Labute approximate surface area is 384 Å². The van der Waals surface area contributed by atoms with E-state index in [9.17, 15) is 24.3 Å². The number of nitrogens with zero attached hydrogens (tertiary/aromatic N) is 1. The molecule has 0 saturated carbocycles. The van der Waals surface area contributed by atoms with Crippen LogP contribution >= 0.6 is 12.2 Å². The number of likely N-dealkylation sites (tertiary alicyclic amines) is 1. The predicted molar refractivity (Wildman–Crippen MR) is 236 cm³/mol. The highest BCUT2D eigenvalue weighted by molar-refractivity contribution is 7.80. The van der Waals surface area contributed by atoms with Crippen LogP contribution < -0.4 is 5.32 Å². The molecular formula is C48H58N2O14S. The first-order valence-corrected chi connectivity index (χ1v) is 22.4. The minimum atomic E-state index is -1.28. The van der Waals surface area contributed by atoms with Crippen molar-refractivity contribution in [2.75, 3.05) is 39.5 Å². The molecule has 7 rings (SSSR count). The van der Waals surface area contributed by atoms with Crippen molar-refractivity contribution in [3.8, 4) is 0 Å². The molecule has 0 amide bonds. The van der Waals surface area contributed by atoms with Crippen molar-refractivity contribution in [3.05, 3.63) is 107 Å². The Bertz CT molecular complexity index is 2090. The van der Waals surface area contributed by atoms with E-state index >= 15 is 0 Å². The number of ether oxygens (including phenoxy) is 9. The number of aliphatic hydroxyl groups is 1. The second-order valence-electron chi connectivity index (χ2n) is 16.8. The first-order valence-electron chi connectivity index (χ1n) is 22.0. The maximum atomic E-state index is 12.3. The number of aliphatic hydroxyl groups excluding tert-OH is 1. The third-order valence-electron chi connectivity index (χ3n) is 12.1. The van der Waals surface area contributed by atoms with Crippen LogP contribution in [0.5, 0.6) is 0 Å². The van der Waals surface area contributed by atoms with Gasteiger partial charge in [0.2, 0.25) is 0 Å². The zero-order chi connectivity index (χ0) is 46.1. The van der Waals surface area contributed by atoms with Gasteiger partial charge in [-0.15, -0.1) is 0 Å². The van der Waals surface area contributed by atoms with Gasteiger partial charge in [-0.1, -0.05) is 91.1 Å². The van der Waals surface area contributed by atoms with Crippen LogP contribution in [0.1, 0.15) is 93.1 Å². The van der Waals surface area contributed by atoms with Crippen LogP contribution in [-0.4, -0.2) is 121 Å². The number of piperidine rings is 1. The van der Waals surface area contributed by atoms with Crippen LogP contribution in [-0.2, 0) is 75.0 Å². The van der Waals surface area contributed by atoms with Crippen molar-refractivity contribution in [3.63, 3.8) is 0 Å². The van der Waals surface area contributed by atoms with Crippen LogP contribution in [0.4, 0.5) is 0 Å². The summed E-state index contributed by atoms with van der Waals surface area (Å²) >= 11 is 5.75. The lowest BCUT2D eigenvalue weighted by molar-refractivity contribution is -0.265. The van der Waals surface area contributed by atoms with E-state index < -0.39 is 66.5 Å². The molecule has 1 unspecified atom stereocenters. The lowest BCUT2D eigenvalue weighted by Gasteiger charge is -2.46. The average Bonchev–Trinajstić information content (AvgIpc) is 3.75. The third-order valence-corrected chi connectivity index (χ3v) is 12.4. The minimum absolute atomic E-state index is 0.0128. The summed E-state index contributed by atoms with van der Waals surface area (Å²) in [7, 11) is 0. The molecule has 1 spiro atoms. The monoisotopic (exact) mass is 918 g/mol. The Morgan fingerprint density at radius 3 is 1.88 bits per heavy atom. The van der Waals surface area contributed by atoms with Crippen molar-refractivity contribution >= 4 is 41.1 Å². The normalized spacial score (nSPS) is 27.6. The number of benzene rings is 3. The van der Waals surface area contributed by atoms with Gasteiger partial charge >= 0.3 is 23.9 Å². The maximum absolute atomic E-state index is 12.3. The quantitative estimate of drug-likeness (QED) is 0.119. The maximum Gasteiger partial charge on any atom is 0.303 e. The summed E-state index contributed by atoms with van der Waals surface area (Å²) < 4.78 is 54.1. The lowest BCUT2D eigenvalue weighted by Crippen LogP contribution is -2.62. The van der Waals surface area contributed by atoms with E-state index in [4.69, 9.17) is 54.8 Å². The predicted octanol–water partition coefficient (Wildman–Crippen LogP) is 4.89. The van der Waals surface area contributed by atoms with E-state index in [1.54, 1.807) is 0 Å². The largest absolute Gasteiger partial charge is 0.463 e. The lowest BCUT2D eigenvalue weighted by atomic mass is 9.83. The first-order chi connectivity index (χ1) is 31.3. The number of esters is 4. The zero-order valence-corrected chi connectivity index (χ0v) is 37.9. The Balaban J connectivity index is 1.07. The highest BCUT2D eigenvalue weighted by Gasteiger charge is 2.52. The number of nitrogens with one attached hydrogen (secondary N) is 1. The van der Waals surface area contributed by atoms with E-state index in [0.29, 0.717) is 31.3 Å². The molecule has 4 aliphatic rings. The van der Waals surface area contributed by atoms with Gasteiger partial charge in [0.05, 0.1) is 37.0 Å². The molecule has 0 bridgehead atoms. The number of carbonyl (C=O) groups is 4. The first kappa shape index (κ1) is 48.1. The second kappa shape index (κ2) is 22.1. The zero-order valence-electron chi connectivity index (χ0n) is 37.1. The van der Waals surface area contributed by atoms with Gasteiger partial charge in [0.1, 0.15) is 18.8 Å². The SMILES string of the molecule is CC(=O)OC[C@H]1O[C@@H](CC(=S)NCc2ccc(C3O[C@H](CN4CCC5(CC4)OCCO5)[C@@H](c4ccccc4)[C@H](c4ccc(CO)cc4)O3)cc2)[C@H](OC(C)=O)[C@@H](OC(C)=O)[C@@H]1OC(C)=O. The highest BCUT2D eigenvalue weighted by atomic mass is 32.1. The molecule has 3 aromatic carbocycles. The number of hydrogen-bond acceptors (Lipinski definition) is 16. The summed E-state index contributed by atoms with van der Waals surface area (Å²) in [6, 6.07) is 26.0. The molecule has 16 nitrogen and oxygen atoms in total. The Morgan fingerprint density at radius 1 is 0.692 bits per heavy atom. The fraction of sp³-hybridized carbons (Fsp3) is 0.521. The molecular weight excluding hydrogens is 861 g/mol. The number of hydrogen-bond donors (Lipinski definition) is 2. The van der Waals surface area contributed by atoms with Crippen molar-refractivity contribution in [1.29, 1.82) is 0 Å². The van der Waals surface area contributed by atoms with Gasteiger partial charge in [0.15, 0.2) is 30.4 Å². The Hall–Kier alpha value is -4.85. The van der Waals surface area contributed by atoms with E-state index in [1.807, 2.05) is 66.7 Å². The van der Waals surface area contributed by atoms with Crippen LogP contribution in [0.2, 0.25) is 0 Å². The molecule has 9 atom stereocenters. The summed E-state index contributed by atoms with van der Waals surface area (Å²) in [5.41, 5.74) is 4.61. The summed E-state index contributed by atoms with van der Waals surface area (Å²) in [5.74, 6) is -3.36. The molecule has 4 saturated heterocycles. The van der Waals surface area contributed by atoms with Gasteiger partial charge in [-0.05, 0) is 22.3 Å². The van der Waals surface area contributed by atoms with Crippen molar-refractivity contribution in [2.45, 2.75) is 121 Å². The topological polar surface area (TPSA) is 187 Å². The smallest absolute Gasteiger partial charge is 0.303 e. The number of carbonyl (C=O) groups excluding carboxylic acids is 4. The van der Waals surface area contributed by atoms with Gasteiger partial charge in [-0.25, -0.2) is 0 Å². The van der Waals surface area contributed by atoms with Gasteiger partial charge < -0.3 is 58.0 Å². The fourth-order valence-corrected chi connectivity index (χ4v) is 9.25. The van der Waals surface area contributed by atoms with Gasteiger partial charge in [-0.2, -0.15) is 0 Å². The standard InChI is InChI=1S/C48H58N2O14S/c1-29(52)56-28-40-45(60-31(3)54)46(61-32(4)55)44(59-30(2)53)38(62-40)24-41(65)49-25-33-10-16-37(17-11-33)47-63-39(26-50-20-18-48(19-21-50)57-22-23-58-48)42(35-8-6-5-7-9-35)43(64-47)36-14-12-34(27-51)13-15-36/h5-17,38-40,42-47,51H,18-28H2,1-4H3,(H,49,65)/t38-,39+,40+,42+,43-,44-,45+,46+,47?/m0/s1. The van der Waals surface area contributed by atoms with Crippen LogP contribution in [0, 0.1) is 0 Å². The molecule has 3 aromatic rings. The molecule has 350 valence electrons. The second-order valence-corrected chi connectivity index (χ2v) is 17.3. The summed E-state index contributed by atoms with van der Waals surface area (Å²) in [5, 5.41) is 13.1. The van der Waals surface area contributed by atoms with Crippen molar-refractivity contribution < 1.29 is 66.9 Å². The van der Waals surface area contributed by atoms with Gasteiger partial charge in [0, 0.05) is 84.6 Å². The summed E-state index contributed by atoms with van der Waals surface area (Å²) in [4.78, 5) is 51.3. The Morgan fingerprint density at radius 2 is 1.28 bits per heavy atom. The van der Waals surface area contributed by atoms with E-state index in [-0.39, 0.29) is 37.8 Å². The van der Waals surface area contributed by atoms with Crippen LogP contribution in [0.15, 0.2) is 78.9 Å². The highest BCUT2D eigenvalue weighted by Crippen LogP contribution is 2.47. The summed E-state index contributed by atoms with van der Waals surface area (Å²) in [6.45, 7) is 8.20. The molecule has 4 heterocycles. The molecule has 4 aliphatic heterocycles. The summed E-state index contributed by atoms with van der Waals surface area (Å²) in [6.07, 6.45) is -5.56. The fourth-order valence-electron chi connectivity index (χ4n) is 9.01. The van der Waals surface area contributed by atoms with Crippen molar-refractivity contribution in [1.82, 2.24) is 10.2 Å². The third kappa shape index (κ3) is 12.5. The number of rotatable bonds is 15. The van der Waals surface area contributed by atoms with E-state index in [1.165, 1.54) is 27.7 Å². The molecule has 4 fully saturated rings. The van der Waals surface area contributed by atoms with Crippen molar-refractivity contribution in [2.24, 2.45) is 0 Å². The molecule has 0 aliphatic carbocycles. The van der Waals surface area contributed by atoms with Crippen LogP contribution in [0.3, 0.4) is 0 Å². The van der Waals surface area contributed by atoms with E-state index in [2.05, 4.69) is 22.3 Å².